The maximum Gasteiger partial charge on any atom is 0.208 e. The molecule has 0 saturated carbocycles. The Morgan fingerprint density at radius 3 is 2.91 bits per heavy atom. The van der Waals surface area contributed by atoms with Crippen molar-refractivity contribution in [3.63, 3.8) is 0 Å². The van der Waals surface area contributed by atoms with Gasteiger partial charge in [0.05, 0.1) is 25.8 Å². The minimum absolute atomic E-state index is 0.0687. The highest BCUT2D eigenvalue weighted by atomic mass is 32.1. The van der Waals surface area contributed by atoms with Gasteiger partial charge in [0.15, 0.2) is 0 Å². The molecule has 2 saturated heterocycles. The Balaban J connectivity index is 1.31. The summed E-state index contributed by atoms with van der Waals surface area (Å²) in [7, 11) is 0. The van der Waals surface area contributed by atoms with E-state index in [1.165, 1.54) is 5.56 Å². The third kappa shape index (κ3) is 3.22. The van der Waals surface area contributed by atoms with Crippen LogP contribution in [-0.2, 0) is 16.1 Å². The third-order valence-corrected chi connectivity index (χ3v) is 5.33. The predicted octanol–water partition coefficient (Wildman–Crippen LogP) is 2.20. The quantitative estimate of drug-likeness (QED) is 0.855. The highest BCUT2D eigenvalue weighted by molar-refractivity contribution is 7.15. The number of anilines is 1. The Hall–Kier alpha value is -1.57. The molecule has 122 valence electrons. The van der Waals surface area contributed by atoms with Crippen molar-refractivity contribution in [2.75, 3.05) is 24.6 Å². The number of ether oxygens (including phenoxy) is 2. The Bertz CT molecular complexity index is 657. The van der Waals surface area contributed by atoms with Gasteiger partial charge in [-0.2, -0.15) is 0 Å². The monoisotopic (exact) mass is 332 g/mol. The van der Waals surface area contributed by atoms with Gasteiger partial charge in [-0.15, -0.1) is 10.2 Å². The molecule has 2 aromatic heterocycles. The molecule has 2 aliphatic rings. The summed E-state index contributed by atoms with van der Waals surface area (Å²) in [5.74, 6) is 0. The van der Waals surface area contributed by atoms with Gasteiger partial charge >= 0.3 is 0 Å². The van der Waals surface area contributed by atoms with Crippen LogP contribution in [-0.4, -0.2) is 46.6 Å². The Morgan fingerprint density at radius 2 is 2.17 bits per heavy atom. The number of hydrogen-bond acceptors (Lipinski definition) is 7. The van der Waals surface area contributed by atoms with Crippen molar-refractivity contribution < 1.29 is 9.47 Å². The Kier molecular flexibility index (Phi) is 4.00. The fourth-order valence-corrected chi connectivity index (χ4v) is 3.92. The van der Waals surface area contributed by atoms with Gasteiger partial charge in [0, 0.05) is 25.4 Å². The molecular weight excluding hydrogens is 312 g/mol. The van der Waals surface area contributed by atoms with E-state index in [4.69, 9.17) is 9.47 Å². The molecule has 2 fully saturated rings. The summed E-state index contributed by atoms with van der Waals surface area (Å²) >= 11 is 1.64. The van der Waals surface area contributed by atoms with Crippen LogP contribution in [0.3, 0.4) is 0 Å². The van der Waals surface area contributed by atoms with Crippen LogP contribution >= 0.6 is 11.3 Å². The first-order valence-electron chi connectivity index (χ1n) is 7.92. The first kappa shape index (κ1) is 15.0. The standard InChI is InChI=1S/C16H20N4O2S/c1-12-18-19-15(23-12)20-10-16(11-20)8-14(4-7-22-16)21-9-13-2-5-17-6-3-13/h2-3,5-6,14H,4,7-11H2,1H3/t14-/m1/s1. The fourth-order valence-electron chi connectivity index (χ4n) is 3.24. The molecule has 4 heterocycles. The molecule has 2 aromatic rings. The first-order valence-corrected chi connectivity index (χ1v) is 8.74. The molecule has 7 heteroatoms. The molecule has 0 unspecified atom stereocenters. The van der Waals surface area contributed by atoms with Crippen molar-refractivity contribution in [3.05, 3.63) is 35.1 Å². The number of hydrogen-bond donors (Lipinski definition) is 0. The third-order valence-electron chi connectivity index (χ3n) is 4.43. The fraction of sp³-hybridized carbons (Fsp3) is 0.562. The summed E-state index contributed by atoms with van der Waals surface area (Å²) in [5, 5.41) is 10.3. The van der Waals surface area contributed by atoms with Crippen molar-refractivity contribution in [2.45, 2.75) is 38.1 Å². The topological polar surface area (TPSA) is 60.4 Å². The van der Waals surface area contributed by atoms with Crippen molar-refractivity contribution in [3.8, 4) is 0 Å². The van der Waals surface area contributed by atoms with Crippen LogP contribution in [0.1, 0.15) is 23.4 Å². The molecule has 1 spiro atoms. The summed E-state index contributed by atoms with van der Waals surface area (Å²) in [6.45, 7) is 5.16. The van der Waals surface area contributed by atoms with E-state index in [1.807, 2.05) is 19.1 Å². The Labute approximate surface area is 139 Å². The van der Waals surface area contributed by atoms with Gasteiger partial charge in [0.2, 0.25) is 5.13 Å². The van der Waals surface area contributed by atoms with Crippen LogP contribution in [0.15, 0.2) is 24.5 Å². The lowest BCUT2D eigenvalue weighted by molar-refractivity contribution is -0.148. The van der Waals surface area contributed by atoms with Gasteiger partial charge in [0.25, 0.3) is 0 Å². The van der Waals surface area contributed by atoms with Crippen LogP contribution in [0.2, 0.25) is 0 Å². The zero-order valence-electron chi connectivity index (χ0n) is 13.1. The van der Waals surface area contributed by atoms with Crippen LogP contribution in [0.5, 0.6) is 0 Å². The molecule has 1 atom stereocenters. The molecule has 6 nitrogen and oxygen atoms in total. The van der Waals surface area contributed by atoms with Crippen molar-refractivity contribution in [1.29, 1.82) is 0 Å². The number of nitrogens with zero attached hydrogens (tertiary/aromatic N) is 4. The molecule has 23 heavy (non-hydrogen) atoms. The normalized spacial score (nSPS) is 23.0. The van der Waals surface area contributed by atoms with Crippen LogP contribution in [0.25, 0.3) is 0 Å². The minimum Gasteiger partial charge on any atom is -0.373 e. The van der Waals surface area contributed by atoms with Crippen LogP contribution in [0.4, 0.5) is 5.13 Å². The average Bonchev–Trinajstić information content (AvgIpc) is 2.98. The van der Waals surface area contributed by atoms with Crippen molar-refractivity contribution >= 4 is 16.5 Å². The number of pyridine rings is 1. The van der Waals surface area contributed by atoms with E-state index in [0.717, 1.165) is 42.7 Å². The molecule has 2 aliphatic heterocycles. The van der Waals surface area contributed by atoms with Gasteiger partial charge in [-0.05, 0) is 31.0 Å². The van der Waals surface area contributed by atoms with Crippen LogP contribution in [0, 0.1) is 6.92 Å². The lowest BCUT2D eigenvalue weighted by atomic mass is 9.85. The maximum absolute atomic E-state index is 6.09. The molecule has 0 radical (unpaired) electrons. The second-order valence-electron chi connectivity index (χ2n) is 6.27. The molecule has 4 rings (SSSR count). The van der Waals surface area contributed by atoms with E-state index in [0.29, 0.717) is 6.61 Å². The molecule has 0 bridgehead atoms. The van der Waals surface area contributed by atoms with Gasteiger partial charge < -0.3 is 14.4 Å². The van der Waals surface area contributed by atoms with E-state index >= 15 is 0 Å². The molecule has 0 amide bonds. The summed E-state index contributed by atoms with van der Waals surface area (Å²) in [4.78, 5) is 6.28. The van der Waals surface area contributed by atoms with E-state index in [9.17, 15) is 0 Å². The van der Waals surface area contributed by atoms with Crippen LogP contribution < -0.4 is 4.90 Å². The highest BCUT2D eigenvalue weighted by Crippen LogP contribution is 2.38. The minimum atomic E-state index is -0.0687. The summed E-state index contributed by atoms with van der Waals surface area (Å²) in [6.07, 6.45) is 5.78. The largest absolute Gasteiger partial charge is 0.373 e. The lowest BCUT2D eigenvalue weighted by Gasteiger charge is -2.52. The first-order chi connectivity index (χ1) is 11.2. The molecule has 0 aliphatic carbocycles. The van der Waals surface area contributed by atoms with Crippen molar-refractivity contribution in [1.82, 2.24) is 15.2 Å². The number of aromatic nitrogens is 3. The second kappa shape index (κ2) is 6.14. The van der Waals surface area contributed by atoms with Gasteiger partial charge in [0.1, 0.15) is 10.6 Å². The Morgan fingerprint density at radius 1 is 1.35 bits per heavy atom. The summed E-state index contributed by atoms with van der Waals surface area (Å²) in [6, 6.07) is 4.00. The molecule has 0 aromatic carbocycles. The van der Waals surface area contributed by atoms with Gasteiger partial charge in [-0.3, -0.25) is 4.98 Å². The predicted molar refractivity (Wildman–Crippen MR) is 87.6 cm³/mol. The number of rotatable bonds is 4. The van der Waals surface area contributed by atoms with E-state index in [2.05, 4.69) is 20.1 Å². The zero-order chi connectivity index (χ0) is 15.7. The highest BCUT2D eigenvalue weighted by Gasteiger charge is 2.48. The lowest BCUT2D eigenvalue weighted by Crippen LogP contribution is -2.66. The van der Waals surface area contributed by atoms with Gasteiger partial charge in [-0.25, -0.2) is 0 Å². The zero-order valence-corrected chi connectivity index (χ0v) is 14.0. The summed E-state index contributed by atoms with van der Waals surface area (Å²) < 4.78 is 12.2. The number of aryl methyl sites for hydroxylation is 1. The SMILES string of the molecule is Cc1nnc(N2CC3(C[C@H](OCc4ccncc4)CCO3)C2)s1. The van der Waals surface area contributed by atoms with E-state index < -0.39 is 0 Å². The summed E-state index contributed by atoms with van der Waals surface area (Å²) in [5.41, 5.74) is 1.10. The smallest absolute Gasteiger partial charge is 0.208 e. The molecular formula is C16H20N4O2S. The maximum atomic E-state index is 6.09. The molecule has 0 N–H and O–H groups in total. The van der Waals surface area contributed by atoms with E-state index in [1.54, 1.807) is 23.7 Å². The average molecular weight is 332 g/mol. The van der Waals surface area contributed by atoms with Crippen molar-refractivity contribution in [2.24, 2.45) is 0 Å². The second-order valence-corrected chi connectivity index (χ2v) is 7.43. The van der Waals surface area contributed by atoms with Gasteiger partial charge in [-0.1, -0.05) is 11.3 Å². The van der Waals surface area contributed by atoms with E-state index in [-0.39, 0.29) is 11.7 Å².